The molecule has 1 fully saturated rings. The Kier molecular flexibility index (Phi) is 4.15. The van der Waals surface area contributed by atoms with E-state index in [1.807, 2.05) is 5.01 Å². The topological polar surface area (TPSA) is 84.8 Å². The molecule has 0 saturated carbocycles. The number of nitrogens with two attached hydrogens (primary N) is 1. The summed E-state index contributed by atoms with van der Waals surface area (Å²) in [4.78, 5) is 9.68. The molecule has 14 heavy (non-hydrogen) atoms. The molecule has 0 aromatic rings. The average molecular weight is 200 g/mol. The van der Waals surface area contributed by atoms with Crippen molar-refractivity contribution in [3.63, 3.8) is 0 Å². The number of hydrazone groups is 1. The molecular weight excluding hydrogens is 184 g/mol. The van der Waals surface area contributed by atoms with Crippen LogP contribution >= 0.6 is 0 Å². The van der Waals surface area contributed by atoms with Crippen molar-refractivity contribution >= 4 is 5.84 Å². The molecule has 1 rings (SSSR count). The van der Waals surface area contributed by atoms with Crippen LogP contribution in [0.25, 0.3) is 0 Å². The molecule has 2 N–H and O–H groups in total. The molecule has 1 saturated heterocycles. The van der Waals surface area contributed by atoms with Crippen LogP contribution in [0.5, 0.6) is 0 Å². The maximum Gasteiger partial charge on any atom is 0.261 e. The summed E-state index contributed by atoms with van der Waals surface area (Å²) in [6, 6.07) is 0. The van der Waals surface area contributed by atoms with Crippen LogP contribution in [0.4, 0.5) is 0 Å². The van der Waals surface area contributed by atoms with Gasteiger partial charge in [0, 0.05) is 18.0 Å². The van der Waals surface area contributed by atoms with E-state index in [9.17, 15) is 10.1 Å². The number of amidine groups is 1. The van der Waals surface area contributed by atoms with Crippen molar-refractivity contribution < 1.29 is 4.92 Å². The van der Waals surface area contributed by atoms with Gasteiger partial charge >= 0.3 is 0 Å². The zero-order chi connectivity index (χ0) is 10.4. The van der Waals surface area contributed by atoms with E-state index in [2.05, 4.69) is 5.10 Å². The highest BCUT2D eigenvalue weighted by atomic mass is 16.6. The molecule has 1 heterocycles. The van der Waals surface area contributed by atoms with Crippen molar-refractivity contribution in [2.24, 2.45) is 10.8 Å². The molecule has 0 bridgehead atoms. The fourth-order valence-electron chi connectivity index (χ4n) is 1.50. The average Bonchev–Trinajstić information content (AvgIpc) is 2.31. The SMILES string of the molecule is NC(C[N+](=O)[O-])=NN1CCCCCC1. The molecule has 6 nitrogen and oxygen atoms in total. The molecule has 1 aliphatic rings. The summed E-state index contributed by atoms with van der Waals surface area (Å²) >= 11 is 0. The van der Waals surface area contributed by atoms with Crippen molar-refractivity contribution in [2.45, 2.75) is 25.7 Å². The Balaban J connectivity index is 2.42. The largest absolute Gasteiger partial charge is 0.380 e. The van der Waals surface area contributed by atoms with Crippen molar-refractivity contribution in [2.75, 3.05) is 19.6 Å². The Morgan fingerprint density at radius 1 is 1.36 bits per heavy atom. The highest BCUT2D eigenvalue weighted by Gasteiger charge is 2.09. The molecule has 80 valence electrons. The molecule has 6 heteroatoms. The number of hydrogen-bond donors (Lipinski definition) is 1. The molecule has 0 aromatic carbocycles. The third kappa shape index (κ3) is 4.06. The Bertz CT molecular complexity index is 221. The first-order valence-electron chi connectivity index (χ1n) is 4.88. The first kappa shape index (κ1) is 10.7. The van der Waals surface area contributed by atoms with E-state index in [-0.39, 0.29) is 12.4 Å². The Morgan fingerprint density at radius 3 is 2.43 bits per heavy atom. The molecule has 0 amide bonds. The Hall–Kier alpha value is -1.33. The van der Waals surface area contributed by atoms with Gasteiger partial charge in [0.15, 0.2) is 5.84 Å². The van der Waals surface area contributed by atoms with Crippen molar-refractivity contribution in [3.8, 4) is 0 Å². The molecule has 0 aliphatic carbocycles. The van der Waals surface area contributed by atoms with E-state index in [1.165, 1.54) is 12.8 Å². The second kappa shape index (κ2) is 5.41. The van der Waals surface area contributed by atoms with Gasteiger partial charge in [-0.15, -0.1) is 0 Å². The summed E-state index contributed by atoms with van der Waals surface area (Å²) in [7, 11) is 0. The van der Waals surface area contributed by atoms with Gasteiger partial charge in [-0.25, -0.2) is 0 Å². The third-order valence-electron chi connectivity index (χ3n) is 2.14. The number of hydrogen-bond acceptors (Lipinski definition) is 4. The van der Waals surface area contributed by atoms with Gasteiger partial charge in [0.1, 0.15) is 0 Å². The van der Waals surface area contributed by atoms with E-state index in [4.69, 9.17) is 5.73 Å². The predicted molar refractivity (Wildman–Crippen MR) is 53.5 cm³/mol. The maximum atomic E-state index is 10.1. The van der Waals surface area contributed by atoms with Gasteiger partial charge in [0.25, 0.3) is 6.54 Å². The van der Waals surface area contributed by atoms with Crippen LogP contribution in [-0.2, 0) is 0 Å². The standard InChI is InChI=1S/C8H16N4O2/c9-8(7-12(13)14)10-11-5-3-1-2-4-6-11/h1-7H2,(H2,9,10). The summed E-state index contributed by atoms with van der Waals surface area (Å²) in [5, 5.41) is 16.0. The van der Waals surface area contributed by atoms with Crippen LogP contribution in [0.2, 0.25) is 0 Å². The van der Waals surface area contributed by atoms with E-state index >= 15 is 0 Å². The van der Waals surface area contributed by atoms with E-state index in [0.29, 0.717) is 0 Å². The van der Waals surface area contributed by atoms with Gasteiger partial charge in [-0.2, -0.15) is 5.10 Å². The van der Waals surface area contributed by atoms with Gasteiger partial charge in [0.2, 0.25) is 0 Å². The minimum absolute atomic E-state index is 0.0944. The highest BCUT2D eigenvalue weighted by molar-refractivity contribution is 5.80. The van der Waals surface area contributed by atoms with Gasteiger partial charge in [-0.3, -0.25) is 15.1 Å². The minimum atomic E-state index is -0.462. The number of rotatable bonds is 3. The minimum Gasteiger partial charge on any atom is -0.380 e. The number of nitro groups is 1. The van der Waals surface area contributed by atoms with Crippen molar-refractivity contribution in [3.05, 3.63) is 10.1 Å². The molecule has 0 unspecified atom stereocenters. The highest BCUT2D eigenvalue weighted by Crippen LogP contribution is 2.09. The number of nitrogens with zero attached hydrogens (tertiary/aromatic N) is 3. The normalized spacial score (nSPS) is 19.1. The molecule has 0 spiro atoms. The second-order valence-corrected chi connectivity index (χ2v) is 3.45. The summed E-state index contributed by atoms with van der Waals surface area (Å²) < 4.78 is 0. The molecular formula is C8H16N4O2. The zero-order valence-electron chi connectivity index (χ0n) is 8.19. The lowest BCUT2D eigenvalue weighted by atomic mass is 10.2. The lowest BCUT2D eigenvalue weighted by Crippen LogP contribution is -2.28. The third-order valence-corrected chi connectivity index (χ3v) is 2.14. The predicted octanol–water partition coefficient (Wildman–Crippen LogP) is 0.411. The van der Waals surface area contributed by atoms with Crippen LogP contribution in [-0.4, -0.2) is 35.4 Å². The maximum absolute atomic E-state index is 10.1. The summed E-state index contributed by atoms with van der Waals surface area (Å²) in [6.07, 6.45) is 4.60. The molecule has 1 aliphatic heterocycles. The second-order valence-electron chi connectivity index (χ2n) is 3.45. The van der Waals surface area contributed by atoms with E-state index in [1.54, 1.807) is 0 Å². The lowest BCUT2D eigenvalue weighted by Gasteiger charge is -2.15. The quantitative estimate of drug-likeness (QED) is 0.309. The summed E-state index contributed by atoms with van der Waals surface area (Å²) in [5.74, 6) is 0.0944. The Labute approximate surface area is 82.9 Å². The van der Waals surface area contributed by atoms with E-state index < -0.39 is 4.92 Å². The van der Waals surface area contributed by atoms with E-state index in [0.717, 1.165) is 25.9 Å². The van der Waals surface area contributed by atoms with Crippen LogP contribution in [0.1, 0.15) is 25.7 Å². The summed E-state index contributed by atoms with van der Waals surface area (Å²) in [6.45, 7) is 1.35. The van der Waals surface area contributed by atoms with Gasteiger partial charge in [-0.1, -0.05) is 12.8 Å². The molecule has 0 aromatic heterocycles. The van der Waals surface area contributed by atoms with Gasteiger partial charge < -0.3 is 5.73 Å². The van der Waals surface area contributed by atoms with Crippen LogP contribution in [0.3, 0.4) is 0 Å². The van der Waals surface area contributed by atoms with Crippen molar-refractivity contribution in [1.82, 2.24) is 5.01 Å². The molecule has 0 atom stereocenters. The van der Waals surface area contributed by atoms with Crippen molar-refractivity contribution in [1.29, 1.82) is 0 Å². The fourth-order valence-corrected chi connectivity index (χ4v) is 1.50. The zero-order valence-corrected chi connectivity index (χ0v) is 8.19. The Morgan fingerprint density at radius 2 is 1.93 bits per heavy atom. The summed E-state index contributed by atoms with van der Waals surface area (Å²) in [5.41, 5.74) is 5.42. The first-order valence-corrected chi connectivity index (χ1v) is 4.88. The van der Waals surface area contributed by atoms with Crippen LogP contribution in [0, 0.1) is 10.1 Å². The monoisotopic (exact) mass is 200 g/mol. The lowest BCUT2D eigenvalue weighted by molar-refractivity contribution is -0.463. The first-order chi connectivity index (χ1) is 6.68. The van der Waals surface area contributed by atoms with Gasteiger partial charge in [0.05, 0.1) is 0 Å². The van der Waals surface area contributed by atoms with Gasteiger partial charge in [-0.05, 0) is 12.8 Å². The van der Waals surface area contributed by atoms with Crippen LogP contribution < -0.4 is 5.73 Å². The smallest absolute Gasteiger partial charge is 0.261 e. The molecule has 0 radical (unpaired) electrons. The fraction of sp³-hybridized carbons (Fsp3) is 0.875. The van der Waals surface area contributed by atoms with Crippen LogP contribution in [0.15, 0.2) is 5.10 Å².